The molecule has 2 heteroatoms. The second-order valence-corrected chi connectivity index (χ2v) is 6.58. The van der Waals surface area contributed by atoms with E-state index in [1.807, 2.05) is 0 Å². The summed E-state index contributed by atoms with van der Waals surface area (Å²) in [6.07, 6.45) is 2.25. The lowest BCUT2D eigenvalue weighted by atomic mass is 9.52. The molecule has 3 aromatic rings. The Kier molecular flexibility index (Phi) is 3.26. The minimum Gasteiger partial charge on any atom is -0.420 e. The van der Waals surface area contributed by atoms with E-state index < -0.39 is 0 Å². The standard InChI is InChI=1S/C21H20BN/c1-14-10-15(2)21(16(3)11-14)22-9-8-19-12-17-6-4-5-7-18(17)13-20(19)23-22/h4-13,23H,1-3H3. The van der Waals surface area contributed by atoms with E-state index in [1.165, 1.54) is 44.2 Å². The normalized spacial score (nSPS) is 13.1. The molecule has 0 saturated heterocycles. The van der Waals surface area contributed by atoms with Gasteiger partial charge in [-0.3, -0.25) is 0 Å². The molecule has 0 unspecified atom stereocenters. The molecule has 1 N–H and O–H groups in total. The van der Waals surface area contributed by atoms with E-state index >= 15 is 0 Å². The Bertz CT molecular complexity index is 917. The van der Waals surface area contributed by atoms with E-state index in [9.17, 15) is 0 Å². The van der Waals surface area contributed by atoms with Gasteiger partial charge in [-0.2, -0.15) is 0 Å². The van der Waals surface area contributed by atoms with Crippen molar-refractivity contribution in [1.29, 1.82) is 0 Å². The van der Waals surface area contributed by atoms with Crippen LogP contribution < -0.4 is 10.7 Å². The quantitative estimate of drug-likeness (QED) is 0.645. The van der Waals surface area contributed by atoms with Crippen LogP contribution in [-0.2, 0) is 0 Å². The summed E-state index contributed by atoms with van der Waals surface area (Å²) in [5, 5.41) is 6.29. The monoisotopic (exact) mass is 297 g/mol. The van der Waals surface area contributed by atoms with Gasteiger partial charge in [0.2, 0.25) is 0 Å². The number of benzene rings is 3. The summed E-state index contributed by atoms with van der Waals surface area (Å²) in [5.74, 6) is 2.28. The SMILES string of the molecule is Cc1cc(C)c(B2C=Cc3cc4ccccc4cc3N2)c(C)c1. The Morgan fingerprint density at radius 1 is 0.826 bits per heavy atom. The van der Waals surface area contributed by atoms with Crippen LogP contribution in [0.15, 0.2) is 54.5 Å². The van der Waals surface area contributed by atoms with E-state index in [1.54, 1.807) is 0 Å². The largest absolute Gasteiger partial charge is 0.420 e. The predicted molar refractivity (Wildman–Crippen MR) is 103 cm³/mol. The maximum absolute atomic E-state index is 3.72. The van der Waals surface area contributed by atoms with Gasteiger partial charge >= 0.3 is 6.85 Å². The fourth-order valence-electron chi connectivity index (χ4n) is 3.79. The Morgan fingerprint density at radius 2 is 1.48 bits per heavy atom. The molecule has 0 amide bonds. The van der Waals surface area contributed by atoms with E-state index in [4.69, 9.17) is 0 Å². The van der Waals surface area contributed by atoms with Crippen molar-refractivity contribution in [1.82, 2.24) is 0 Å². The van der Waals surface area contributed by atoms with Crippen molar-refractivity contribution in [3.63, 3.8) is 0 Å². The molecule has 23 heavy (non-hydrogen) atoms. The van der Waals surface area contributed by atoms with Gasteiger partial charge in [-0.25, -0.2) is 0 Å². The van der Waals surface area contributed by atoms with Gasteiger partial charge in [0, 0.05) is 5.69 Å². The molecule has 0 saturated carbocycles. The molecule has 112 valence electrons. The average Bonchev–Trinajstić information content (AvgIpc) is 2.52. The van der Waals surface area contributed by atoms with Gasteiger partial charge in [0.15, 0.2) is 0 Å². The summed E-state index contributed by atoms with van der Waals surface area (Å²) in [6, 6.07) is 17.6. The smallest absolute Gasteiger partial charge is 0.313 e. The fourth-order valence-corrected chi connectivity index (χ4v) is 3.79. The van der Waals surface area contributed by atoms with Crippen LogP contribution in [0.2, 0.25) is 0 Å². The molecule has 1 aliphatic heterocycles. The van der Waals surface area contributed by atoms with E-state index in [0.717, 1.165) is 0 Å². The van der Waals surface area contributed by atoms with Crippen LogP contribution in [-0.4, -0.2) is 6.85 Å². The van der Waals surface area contributed by atoms with Crippen LogP contribution in [0.1, 0.15) is 22.3 Å². The summed E-state index contributed by atoms with van der Waals surface area (Å²) in [5.41, 5.74) is 7.92. The second kappa shape index (κ2) is 5.31. The summed E-state index contributed by atoms with van der Waals surface area (Å²) in [6.45, 7) is 6.82. The molecule has 1 nitrogen and oxygen atoms in total. The first-order valence-electron chi connectivity index (χ1n) is 8.17. The molecular formula is C21H20BN. The maximum Gasteiger partial charge on any atom is 0.313 e. The van der Waals surface area contributed by atoms with Crippen LogP contribution in [0, 0.1) is 20.8 Å². The lowest BCUT2D eigenvalue weighted by Crippen LogP contribution is -2.41. The van der Waals surface area contributed by atoms with Gasteiger partial charge in [-0.05, 0) is 54.7 Å². The predicted octanol–water partition coefficient (Wildman–Crippen LogP) is 4.64. The zero-order valence-electron chi connectivity index (χ0n) is 13.9. The lowest BCUT2D eigenvalue weighted by molar-refractivity contribution is 1.35. The van der Waals surface area contributed by atoms with Crippen LogP contribution in [0.25, 0.3) is 16.8 Å². The molecule has 0 aliphatic carbocycles. The highest BCUT2D eigenvalue weighted by Gasteiger charge is 2.22. The Hall–Kier alpha value is -2.48. The summed E-state index contributed by atoms with van der Waals surface area (Å²) in [7, 11) is 0. The highest BCUT2D eigenvalue weighted by Crippen LogP contribution is 2.28. The molecule has 4 rings (SSSR count). The third-order valence-electron chi connectivity index (χ3n) is 4.75. The first-order chi connectivity index (χ1) is 11.1. The second-order valence-electron chi connectivity index (χ2n) is 6.58. The van der Waals surface area contributed by atoms with Crippen molar-refractivity contribution in [3.05, 3.63) is 76.8 Å². The highest BCUT2D eigenvalue weighted by atomic mass is 14.8. The summed E-state index contributed by atoms with van der Waals surface area (Å²) in [4.78, 5) is 0. The number of nitrogens with one attached hydrogen (secondary N) is 1. The van der Waals surface area contributed by atoms with E-state index in [2.05, 4.69) is 86.6 Å². The molecule has 0 fully saturated rings. The molecule has 0 radical (unpaired) electrons. The van der Waals surface area contributed by atoms with Crippen molar-refractivity contribution >= 4 is 34.8 Å². The van der Waals surface area contributed by atoms with Crippen molar-refractivity contribution in [2.45, 2.75) is 20.8 Å². The number of hydrogen-bond donors (Lipinski definition) is 1. The molecule has 0 spiro atoms. The van der Waals surface area contributed by atoms with Gasteiger partial charge in [-0.15, -0.1) is 0 Å². The molecule has 0 aromatic heterocycles. The highest BCUT2D eigenvalue weighted by molar-refractivity contribution is 6.82. The van der Waals surface area contributed by atoms with Crippen LogP contribution >= 0.6 is 0 Å². The maximum atomic E-state index is 3.72. The number of anilines is 1. The van der Waals surface area contributed by atoms with Gasteiger partial charge < -0.3 is 5.23 Å². The molecule has 0 atom stereocenters. The first-order valence-corrected chi connectivity index (χ1v) is 8.17. The summed E-state index contributed by atoms with van der Waals surface area (Å²) < 4.78 is 0. The minimum absolute atomic E-state index is 0.240. The van der Waals surface area contributed by atoms with E-state index in [0.29, 0.717) is 0 Å². The topological polar surface area (TPSA) is 12.0 Å². The van der Waals surface area contributed by atoms with Gasteiger partial charge in [0.1, 0.15) is 0 Å². The van der Waals surface area contributed by atoms with Crippen molar-refractivity contribution < 1.29 is 0 Å². The zero-order valence-corrected chi connectivity index (χ0v) is 13.9. The number of fused-ring (bicyclic) bond motifs is 2. The van der Waals surface area contributed by atoms with Crippen molar-refractivity contribution in [3.8, 4) is 0 Å². The van der Waals surface area contributed by atoms with Gasteiger partial charge in [0.25, 0.3) is 0 Å². The van der Waals surface area contributed by atoms with Crippen LogP contribution in [0.3, 0.4) is 0 Å². The lowest BCUT2D eigenvalue weighted by Gasteiger charge is -2.23. The third kappa shape index (κ3) is 2.44. The van der Waals surface area contributed by atoms with Crippen molar-refractivity contribution in [2.24, 2.45) is 0 Å². The number of aryl methyl sites for hydroxylation is 3. The van der Waals surface area contributed by atoms with Crippen molar-refractivity contribution in [2.75, 3.05) is 5.23 Å². The molecule has 0 bridgehead atoms. The van der Waals surface area contributed by atoms with Crippen LogP contribution in [0.4, 0.5) is 5.69 Å². The third-order valence-corrected chi connectivity index (χ3v) is 4.75. The molecule has 1 heterocycles. The number of hydrogen-bond acceptors (Lipinski definition) is 1. The molecule has 3 aromatic carbocycles. The Balaban J connectivity index is 1.79. The average molecular weight is 297 g/mol. The molecule has 1 aliphatic rings. The van der Waals surface area contributed by atoms with E-state index in [-0.39, 0.29) is 6.85 Å². The number of rotatable bonds is 1. The Labute approximate surface area is 138 Å². The first kappa shape index (κ1) is 14.1. The Morgan fingerprint density at radius 3 is 2.17 bits per heavy atom. The van der Waals surface area contributed by atoms with Crippen LogP contribution in [0.5, 0.6) is 0 Å². The minimum atomic E-state index is 0.240. The fraction of sp³-hybridized carbons (Fsp3) is 0.143. The van der Waals surface area contributed by atoms with Gasteiger partial charge in [0.05, 0.1) is 0 Å². The summed E-state index contributed by atoms with van der Waals surface area (Å²) >= 11 is 0. The molecular weight excluding hydrogens is 277 g/mol. The van der Waals surface area contributed by atoms with Gasteiger partial charge in [-0.1, -0.05) is 65.1 Å². The zero-order chi connectivity index (χ0) is 16.0.